The van der Waals surface area contributed by atoms with Crippen LogP contribution in [0.4, 0.5) is 26.3 Å². The van der Waals surface area contributed by atoms with Gasteiger partial charge in [0.15, 0.2) is 0 Å². The Bertz CT molecular complexity index is 1180. The van der Waals surface area contributed by atoms with Gasteiger partial charge in [0.2, 0.25) is 11.8 Å². The molecular weight excluding hydrogens is 559 g/mol. The predicted octanol–water partition coefficient (Wildman–Crippen LogP) is 5.28. The van der Waals surface area contributed by atoms with Crippen molar-refractivity contribution in [3.05, 3.63) is 55.2 Å². The summed E-state index contributed by atoms with van der Waals surface area (Å²) in [5.41, 5.74) is -2.56. The number of hydrogen-bond donors (Lipinski definition) is 2. The van der Waals surface area contributed by atoms with Crippen molar-refractivity contribution in [1.82, 2.24) is 10.6 Å². The van der Waals surface area contributed by atoms with Crippen LogP contribution in [0.1, 0.15) is 27.3 Å². The molecule has 36 heavy (non-hydrogen) atoms. The number of benzene rings is 1. The molecule has 0 saturated carbocycles. The van der Waals surface area contributed by atoms with E-state index < -0.39 is 49.3 Å². The van der Waals surface area contributed by atoms with Crippen LogP contribution >= 0.6 is 34.5 Å². The molecule has 196 valence electrons. The Hall–Kier alpha value is -2.51. The topological polar surface area (TPSA) is 79.8 Å². The van der Waals surface area contributed by atoms with Crippen molar-refractivity contribution in [2.75, 3.05) is 13.1 Å². The minimum absolute atomic E-state index is 0.00490. The monoisotopic (exact) mass is 575 g/mol. The molecule has 1 aliphatic rings. The molecule has 1 unspecified atom stereocenters. The Kier molecular flexibility index (Phi) is 8.16. The molecule has 0 bridgehead atoms. The fourth-order valence-corrected chi connectivity index (χ4v) is 4.99. The van der Waals surface area contributed by atoms with E-state index in [0.717, 1.165) is 23.5 Å². The van der Waals surface area contributed by atoms with Crippen molar-refractivity contribution in [3.63, 3.8) is 0 Å². The molecule has 0 radical (unpaired) electrons. The number of carbonyl (C=O) groups excluding carboxylic acids is 2. The molecule has 2 heterocycles. The van der Waals surface area contributed by atoms with E-state index in [1.807, 2.05) is 0 Å². The highest BCUT2D eigenvalue weighted by molar-refractivity contribution is 7.14. The molecule has 1 aromatic heterocycles. The van der Waals surface area contributed by atoms with Crippen LogP contribution in [-0.4, -0.2) is 43.0 Å². The lowest BCUT2D eigenvalue weighted by molar-refractivity contribution is -0.275. The first-order valence-corrected chi connectivity index (χ1v) is 11.6. The second-order valence-electron chi connectivity index (χ2n) is 7.85. The number of carbonyl (C=O) groups is 2. The first-order valence-electron chi connectivity index (χ1n) is 10.1. The Labute approximate surface area is 214 Å². The highest BCUT2D eigenvalue weighted by Gasteiger charge is 2.62. The second-order valence-corrected chi connectivity index (χ2v) is 9.86. The van der Waals surface area contributed by atoms with Crippen LogP contribution < -0.4 is 10.6 Å². The minimum atomic E-state index is -4.87. The van der Waals surface area contributed by atoms with Crippen LogP contribution in [0.15, 0.2) is 29.4 Å². The highest BCUT2D eigenvalue weighted by atomic mass is 35.5. The number of nitrogens with zero attached hydrogens (tertiary/aromatic N) is 1. The van der Waals surface area contributed by atoms with Gasteiger partial charge in [0.25, 0.3) is 5.60 Å². The summed E-state index contributed by atoms with van der Waals surface area (Å²) in [5.74, 6) is -1.68. The number of rotatable bonds is 7. The zero-order chi connectivity index (χ0) is 26.9. The van der Waals surface area contributed by atoms with Crippen molar-refractivity contribution in [3.8, 4) is 0 Å². The first-order chi connectivity index (χ1) is 16.6. The second kappa shape index (κ2) is 10.5. The van der Waals surface area contributed by atoms with E-state index in [-0.39, 0.29) is 27.7 Å². The number of hydrogen-bond acceptors (Lipinski definition) is 5. The van der Waals surface area contributed by atoms with Crippen LogP contribution in [0.2, 0.25) is 10.0 Å². The van der Waals surface area contributed by atoms with Crippen LogP contribution in [0.5, 0.6) is 0 Å². The number of thiophene rings is 1. The lowest BCUT2D eigenvalue weighted by atomic mass is 9.88. The number of amides is 2. The van der Waals surface area contributed by atoms with E-state index in [0.29, 0.717) is 15.3 Å². The molecule has 0 aliphatic carbocycles. The maximum absolute atomic E-state index is 14.2. The van der Waals surface area contributed by atoms with Gasteiger partial charge in [0, 0.05) is 20.5 Å². The molecule has 2 N–H and O–H groups in total. The van der Waals surface area contributed by atoms with E-state index in [4.69, 9.17) is 28.0 Å². The van der Waals surface area contributed by atoms with Gasteiger partial charge in [-0.15, -0.1) is 11.3 Å². The normalized spacial score (nSPS) is 18.0. The average molecular weight is 576 g/mol. The molecule has 2 aromatic rings. The van der Waals surface area contributed by atoms with E-state index in [1.54, 1.807) is 18.3 Å². The number of alkyl halides is 6. The Balaban J connectivity index is 1.70. The third-order valence-electron chi connectivity index (χ3n) is 5.07. The summed E-state index contributed by atoms with van der Waals surface area (Å²) in [5, 5.41) is 7.47. The molecule has 1 aliphatic heterocycles. The summed E-state index contributed by atoms with van der Waals surface area (Å²) >= 11 is 12.8. The summed E-state index contributed by atoms with van der Waals surface area (Å²) in [6.45, 7) is -0.564. The zero-order valence-corrected chi connectivity index (χ0v) is 20.6. The molecule has 1 aromatic carbocycles. The Morgan fingerprint density at radius 3 is 2.28 bits per heavy atom. The summed E-state index contributed by atoms with van der Waals surface area (Å²) in [7, 11) is 0. The fourth-order valence-electron chi connectivity index (χ4n) is 3.31. The Morgan fingerprint density at radius 2 is 1.69 bits per heavy atom. The van der Waals surface area contributed by atoms with Crippen molar-refractivity contribution < 1.29 is 40.8 Å². The maximum Gasteiger partial charge on any atom is 0.435 e. The summed E-state index contributed by atoms with van der Waals surface area (Å²) < 4.78 is 78.8. The van der Waals surface area contributed by atoms with E-state index in [1.165, 1.54) is 6.07 Å². The Morgan fingerprint density at radius 1 is 1.06 bits per heavy atom. The van der Waals surface area contributed by atoms with Gasteiger partial charge in [-0.3, -0.25) is 9.59 Å². The van der Waals surface area contributed by atoms with Crippen molar-refractivity contribution in [2.45, 2.75) is 37.7 Å². The SMILES string of the molecule is Cc1cc(C2=NOC(c3cc(Cl)cc(Cl)c3)(C(F)(F)F)C2)sc1CC(=O)NCC(=O)NCC(F)(F)F. The van der Waals surface area contributed by atoms with Gasteiger partial charge in [-0.25, -0.2) is 0 Å². The van der Waals surface area contributed by atoms with E-state index >= 15 is 0 Å². The van der Waals surface area contributed by atoms with Crippen molar-refractivity contribution >= 4 is 52.1 Å². The van der Waals surface area contributed by atoms with Crippen LogP contribution in [-0.2, 0) is 26.4 Å². The molecule has 1 atom stereocenters. The fraction of sp³-hybridized carbons (Fsp3) is 0.381. The lowest BCUT2D eigenvalue weighted by Crippen LogP contribution is -2.42. The van der Waals surface area contributed by atoms with Gasteiger partial charge < -0.3 is 15.5 Å². The van der Waals surface area contributed by atoms with Gasteiger partial charge >= 0.3 is 12.4 Å². The summed E-state index contributed by atoms with van der Waals surface area (Å²) in [6.07, 6.45) is -10.4. The number of nitrogens with one attached hydrogen (secondary N) is 2. The number of oxime groups is 1. The van der Waals surface area contributed by atoms with E-state index in [9.17, 15) is 35.9 Å². The predicted molar refractivity (Wildman–Crippen MR) is 121 cm³/mol. The average Bonchev–Trinajstić information content (AvgIpc) is 3.34. The lowest BCUT2D eigenvalue weighted by Gasteiger charge is -2.29. The third kappa shape index (κ3) is 6.62. The highest BCUT2D eigenvalue weighted by Crippen LogP contribution is 2.50. The van der Waals surface area contributed by atoms with Crippen molar-refractivity contribution in [2.24, 2.45) is 5.16 Å². The molecule has 15 heteroatoms. The number of halogens is 8. The third-order valence-corrected chi connectivity index (χ3v) is 6.80. The van der Waals surface area contributed by atoms with E-state index in [2.05, 4.69) is 10.5 Å². The zero-order valence-electron chi connectivity index (χ0n) is 18.2. The molecule has 3 rings (SSSR count). The minimum Gasteiger partial charge on any atom is -0.374 e. The van der Waals surface area contributed by atoms with Gasteiger partial charge in [-0.1, -0.05) is 28.4 Å². The summed E-state index contributed by atoms with van der Waals surface area (Å²) in [4.78, 5) is 29.3. The van der Waals surface area contributed by atoms with Crippen LogP contribution in [0.25, 0.3) is 0 Å². The molecule has 0 spiro atoms. The van der Waals surface area contributed by atoms with Crippen LogP contribution in [0.3, 0.4) is 0 Å². The van der Waals surface area contributed by atoms with Gasteiger partial charge in [0.1, 0.15) is 12.3 Å². The van der Waals surface area contributed by atoms with Gasteiger partial charge in [-0.05, 0) is 36.8 Å². The summed E-state index contributed by atoms with van der Waals surface area (Å²) in [6, 6.07) is 5.02. The molecule has 0 fully saturated rings. The van der Waals surface area contributed by atoms with Gasteiger partial charge in [0.05, 0.1) is 24.3 Å². The largest absolute Gasteiger partial charge is 0.435 e. The van der Waals surface area contributed by atoms with Crippen LogP contribution in [0, 0.1) is 6.92 Å². The van der Waals surface area contributed by atoms with Gasteiger partial charge in [-0.2, -0.15) is 26.3 Å². The maximum atomic E-state index is 14.2. The first kappa shape index (κ1) is 28.1. The molecule has 0 saturated heterocycles. The van der Waals surface area contributed by atoms with Crippen molar-refractivity contribution in [1.29, 1.82) is 0 Å². The smallest absolute Gasteiger partial charge is 0.374 e. The standard InChI is InChI=1S/C21H17Cl2F6N3O3S/c1-10-2-16(36-15(10)6-17(33)30-8-18(34)31-9-20(24,25)26)14-7-19(35-32-14,21(27,28)29)11-3-12(22)5-13(23)4-11/h2-5H,6-9H2,1H3,(H,30,33)(H,31,34). The molecular formula is C21H17Cl2F6N3O3S. The molecule has 2 amide bonds. The molecule has 6 nitrogen and oxygen atoms in total. The quantitative estimate of drug-likeness (QED) is 0.441. The number of aryl methyl sites for hydroxylation is 1.